The highest BCUT2D eigenvalue weighted by Crippen LogP contribution is 2.27. The van der Waals surface area contributed by atoms with Crippen molar-refractivity contribution < 1.29 is 23.7 Å². The first-order chi connectivity index (χ1) is 12.7. The first kappa shape index (κ1) is 18.6. The molecular formula is C20H25NO5. The van der Waals surface area contributed by atoms with Gasteiger partial charge in [0, 0.05) is 13.7 Å². The minimum absolute atomic E-state index is 0.0140. The molecule has 3 rings (SSSR count). The van der Waals surface area contributed by atoms with E-state index >= 15 is 0 Å². The molecule has 0 bridgehead atoms. The summed E-state index contributed by atoms with van der Waals surface area (Å²) >= 11 is 0. The molecule has 140 valence electrons. The molecule has 1 aliphatic heterocycles. The van der Waals surface area contributed by atoms with E-state index in [2.05, 4.69) is 18.2 Å². The standard InChI is InChI=1S/C20H25NO5/c1-23-9-10-25-14-20(22)21-7-8-26-19(13-21)17-4-3-16-12-18(24-2)6-5-15(16)11-17/h3-6,11-12,19H,7-10,13-14H2,1-2H3. The molecule has 2 aromatic carbocycles. The summed E-state index contributed by atoms with van der Waals surface area (Å²) < 4.78 is 21.4. The van der Waals surface area contributed by atoms with Crippen molar-refractivity contribution in [3.05, 3.63) is 42.0 Å². The number of fused-ring (bicyclic) bond motifs is 1. The summed E-state index contributed by atoms with van der Waals surface area (Å²) in [7, 11) is 3.27. The maximum Gasteiger partial charge on any atom is 0.248 e. The van der Waals surface area contributed by atoms with E-state index in [9.17, 15) is 4.79 Å². The Kier molecular flexibility index (Phi) is 6.44. The lowest BCUT2D eigenvalue weighted by Crippen LogP contribution is -2.44. The highest BCUT2D eigenvalue weighted by Gasteiger charge is 2.25. The number of morpholine rings is 1. The maximum absolute atomic E-state index is 12.3. The third kappa shape index (κ3) is 4.52. The molecule has 1 unspecified atom stereocenters. The van der Waals surface area contributed by atoms with Gasteiger partial charge in [-0.25, -0.2) is 0 Å². The number of hydrogen-bond acceptors (Lipinski definition) is 5. The van der Waals surface area contributed by atoms with Crippen LogP contribution < -0.4 is 4.74 Å². The van der Waals surface area contributed by atoms with E-state index in [1.165, 1.54) is 0 Å². The third-order valence-corrected chi connectivity index (χ3v) is 4.52. The van der Waals surface area contributed by atoms with E-state index in [-0.39, 0.29) is 18.6 Å². The molecule has 1 aliphatic rings. The summed E-state index contributed by atoms with van der Waals surface area (Å²) in [5.41, 5.74) is 1.07. The molecule has 1 saturated heterocycles. The Balaban J connectivity index is 1.65. The number of ether oxygens (including phenoxy) is 4. The molecule has 2 aromatic rings. The maximum atomic E-state index is 12.3. The Morgan fingerprint density at radius 1 is 1.15 bits per heavy atom. The van der Waals surface area contributed by atoms with Crippen molar-refractivity contribution in [1.82, 2.24) is 4.90 Å². The van der Waals surface area contributed by atoms with Crippen LogP contribution in [0.4, 0.5) is 0 Å². The Morgan fingerprint density at radius 3 is 2.77 bits per heavy atom. The number of hydrogen-bond donors (Lipinski definition) is 0. The molecule has 1 amide bonds. The van der Waals surface area contributed by atoms with Crippen molar-refractivity contribution in [1.29, 1.82) is 0 Å². The van der Waals surface area contributed by atoms with E-state index in [1.807, 2.05) is 18.2 Å². The zero-order valence-electron chi connectivity index (χ0n) is 15.3. The summed E-state index contributed by atoms with van der Waals surface area (Å²) in [6.45, 7) is 2.63. The van der Waals surface area contributed by atoms with Crippen LogP contribution in [-0.2, 0) is 19.0 Å². The van der Waals surface area contributed by atoms with Crippen LogP contribution >= 0.6 is 0 Å². The van der Waals surface area contributed by atoms with Crippen LogP contribution in [0.3, 0.4) is 0 Å². The van der Waals surface area contributed by atoms with Gasteiger partial charge >= 0.3 is 0 Å². The van der Waals surface area contributed by atoms with Gasteiger partial charge in [-0.2, -0.15) is 0 Å². The molecule has 26 heavy (non-hydrogen) atoms. The summed E-state index contributed by atoms with van der Waals surface area (Å²) in [4.78, 5) is 14.1. The second-order valence-electron chi connectivity index (χ2n) is 6.22. The number of methoxy groups -OCH3 is 2. The number of benzene rings is 2. The lowest BCUT2D eigenvalue weighted by atomic mass is 10.0. The van der Waals surface area contributed by atoms with Crippen LogP contribution in [0.25, 0.3) is 10.8 Å². The van der Waals surface area contributed by atoms with Crippen molar-refractivity contribution in [2.75, 3.05) is 53.7 Å². The Labute approximate surface area is 153 Å². The molecule has 6 heteroatoms. The van der Waals surface area contributed by atoms with Crippen LogP contribution in [0.5, 0.6) is 5.75 Å². The van der Waals surface area contributed by atoms with Gasteiger partial charge in [-0.05, 0) is 34.5 Å². The number of rotatable bonds is 7. The smallest absolute Gasteiger partial charge is 0.248 e. The van der Waals surface area contributed by atoms with Crippen LogP contribution in [0, 0.1) is 0 Å². The van der Waals surface area contributed by atoms with Crippen molar-refractivity contribution in [3.8, 4) is 5.75 Å². The van der Waals surface area contributed by atoms with Gasteiger partial charge in [-0.15, -0.1) is 0 Å². The van der Waals surface area contributed by atoms with Crippen molar-refractivity contribution in [2.24, 2.45) is 0 Å². The lowest BCUT2D eigenvalue weighted by Gasteiger charge is -2.33. The van der Waals surface area contributed by atoms with Gasteiger partial charge in [0.2, 0.25) is 5.91 Å². The van der Waals surface area contributed by atoms with Crippen LogP contribution in [0.1, 0.15) is 11.7 Å². The normalized spacial score (nSPS) is 17.5. The van der Waals surface area contributed by atoms with Gasteiger partial charge in [0.05, 0.1) is 33.5 Å². The highest BCUT2D eigenvalue weighted by atomic mass is 16.5. The van der Waals surface area contributed by atoms with Gasteiger partial charge in [0.15, 0.2) is 0 Å². The fraction of sp³-hybridized carbons (Fsp3) is 0.450. The first-order valence-corrected chi connectivity index (χ1v) is 8.75. The summed E-state index contributed by atoms with van der Waals surface area (Å²) in [6, 6.07) is 12.2. The average molecular weight is 359 g/mol. The molecule has 0 spiro atoms. The molecular weight excluding hydrogens is 334 g/mol. The summed E-state index contributed by atoms with van der Waals surface area (Å²) in [5.74, 6) is 0.823. The topological polar surface area (TPSA) is 57.2 Å². The lowest BCUT2D eigenvalue weighted by molar-refractivity contribution is -0.144. The van der Waals surface area contributed by atoms with Crippen molar-refractivity contribution >= 4 is 16.7 Å². The molecule has 0 aromatic heterocycles. The number of amides is 1. The van der Waals surface area contributed by atoms with Crippen molar-refractivity contribution in [3.63, 3.8) is 0 Å². The van der Waals surface area contributed by atoms with E-state index < -0.39 is 0 Å². The van der Waals surface area contributed by atoms with Crippen LogP contribution in [-0.4, -0.2) is 64.5 Å². The van der Waals surface area contributed by atoms with Gasteiger partial charge < -0.3 is 23.8 Å². The molecule has 1 heterocycles. The number of carbonyl (C=O) groups is 1. The molecule has 1 fully saturated rings. The Morgan fingerprint density at radius 2 is 1.96 bits per heavy atom. The zero-order valence-corrected chi connectivity index (χ0v) is 15.3. The largest absolute Gasteiger partial charge is 0.497 e. The summed E-state index contributed by atoms with van der Waals surface area (Å²) in [5, 5.41) is 2.24. The SMILES string of the molecule is COCCOCC(=O)N1CCOC(c2ccc3cc(OC)ccc3c2)C1. The van der Waals surface area contributed by atoms with E-state index in [1.54, 1.807) is 19.1 Å². The molecule has 0 radical (unpaired) electrons. The van der Waals surface area contributed by atoms with Crippen LogP contribution in [0.2, 0.25) is 0 Å². The second kappa shape index (κ2) is 8.98. The first-order valence-electron chi connectivity index (χ1n) is 8.75. The minimum Gasteiger partial charge on any atom is -0.497 e. The van der Waals surface area contributed by atoms with Crippen LogP contribution in [0.15, 0.2) is 36.4 Å². The highest BCUT2D eigenvalue weighted by molar-refractivity contribution is 5.84. The molecule has 0 N–H and O–H groups in total. The second-order valence-corrected chi connectivity index (χ2v) is 6.22. The number of nitrogens with zero attached hydrogens (tertiary/aromatic N) is 1. The molecule has 0 saturated carbocycles. The third-order valence-electron chi connectivity index (χ3n) is 4.52. The van der Waals surface area contributed by atoms with E-state index in [4.69, 9.17) is 18.9 Å². The predicted octanol–water partition coefficient (Wildman–Crippen LogP) is 2.41. The fourth-order valence-electron chi connectivity index (χ4n) is 3.04. The monoisotopic (exact) mass is 359 g/mol. The van der Waals surface area contributed by atoms with Crippen molar-refractivity contribution in [2.45, 2.75) is 6.10 Å². The molecule has 0 aliphatic carbocycles. The zero-order chi connectivity index (χ0) is 18.4. The van der Waals surface area contributed by atoms with Gasteiger partial charge in [-0.1, -0.05) is 18.2 Å². The van der Waals surface area contributed by atoms with E-state index in [0.717, 1.165) is 22.1 Å². The molecule has 1 atom stereocenters. The summed E-state index contributed by atoms with van der Waals surface area (Å²) in [6.07, 6.45) is -0.127. The van der Waals surface area contributed by atoms with Gasteiger partial charge in [0.1, 0.15) is 18.5 Å². The quantitative estimate of drug-likeness (QED) is 0.711. The van der Waals surface area contributed by atoms with Gasteiger partial charge in [0.25, 0.3) is 0 Å². The average Bonchev–Trinajstić information content (AvgIpc) is 2.70. The number of carbonyl (C=O) groups excluding carboxylic acids is 1. The fourth-order valence-corrected chi connectivity index (χ4v) is 3.04. The molecule has 6 nitrogen and oxygen atoms in total. The Bertz CT molecular complexity index is 748. The predicted molar refractivity (Wildman–Crippen MR) is 98.5 cm³/mol. The van der Waals surface area contributed by atoms with E-state index in [0.29, 0.717) is 32.9 Å². The van der Waals surface area contributed by atoms with Gasteiger partial charge in [-0.3, -0.25) is 4.79 Å². The minimum atomic E-state index is -0.127. The Hall–Kier alpha value is -2.15.